The minimum Gasteiger partial charge on any atom is -0.465 e. The number of ether oxygens (including phenoxy) is 1. The zero-order chi connectivity index (χ0) is 18.2. The van der Waals surface area contributed by atoms with E-state index in [2.05, 4.69) is 15.4 Å². The Morgan fingerprint density at radius 2 is 1.56 bits per heavy atom. The van der Waals surface area contributed by atoms with E-state index >= 15 is 0 Å². The van der Waals surface area contributed by atoms with Gasteiger partial charge in [-0.1, -0.05) is 6.92 Å². The SMILES string of the molecule is CCCNC(=O)C1CCC(C(=O)Nc2ccc(C(=O)OC)cc2)CC1. The van der Waals surface area contributed by atoms with Crippen molar-refractivity contribution in [1.82, 2.24) is 5.32 Å². The van der Waals surface area contributed by atoms with Gasteiger partial charge >= 0.3 is 5.97 Å². The number of rotatable bonds is 6. The van der Waals surface area contributed by atoms with Crippen molar-refractivity contribution >= 4 is 23.5 Å². The summed E-state index contributed by atoms with van der Waals surface area (Å²) < 4.78 is 4.65. The molecule has 25 heavy (non-hydrogen) atoms. The summed E-state index contributed by atoms with van der Waals surface area (Å²) in [6.45, 7) is 2.74. The lowest BCUT2D eigenvalue weighted by atomic mass is 9.81. The van der Waals surface area contributed by atoms with E-state index in [0.29, 0.717) is 17.8 Å². The van der Waals surface area contributed by atoms with Gasteiger partial charge in [0.1, 0.15) is 0 Å². The van der Waals surface area contributed by atoms with Crippen molar-refractivity contribution in [2.75, 3.05) is 19.0 Å². The molecule has 0 bridgehead atoms. The number of hydrogen-bond donors (Lipinski definition) is 2. The monoisotopic (exact) mass is 346 g/mol. The normalized spacial score (nSPS) is 19.8. The predicted molar refractivity (Wildman–Crippen MR) is 95.2 cm³/mol. The summed E-state index contributed by atoms with van der Waals surface area (Å²) in [4.78, 5) is 35.8. The van der Waals surface area contributed by atoms with Crippen LogP contribution in [0.1, 0.15) is 49.4 Å². The van der Waals surface area contributed by atoms with E-state index in [4.69, 9.17) is 0 Å². The van der Waals surface area contributed by atoms with Crippen molar-refractivity contribution in [2.45, 2.75) is 39.0 Å². The molecule has 0 aromatic heterocycles. The van der Waals surface area contributed by atoms with Crippen molar-refractivity contribution in [3.8, 4) is 0 Å². The van der Waals surface area contributed by atoms with E-state index in [-0.39, 0.29) is 23.7 Å². The third-order valence-corrected chi connectivity index (χ3v) is 4.59. The second kappa shape index (κ2) is 9.20. The molecule has 1 aliphatic carbocycles. The van der Waals surface area contributed by atoms with Gasteiger partial charge in [0.2, 0.25) is 11.8 Å². The van der Waals surface area contributed by atoms with Crippen LogP contribution in [0.25, 0.3) is 0 Å². The minimum absolute atomic E-state index is 0.0231. The predicted octanol–water partition coefficient (Wildman–Crippen LogP) is 2.74. The lowest BCUT2D eigenvalue weighted by Gasteiger charge is -2.27. The van der Waals surface area contributed by atoms with Gasteiger partial charge in [0.25, 0.3) is 0 Å². The number of esters is 1. The van der Waals surface area contributed by atoms with Gasteiger partial charge in [-0.2, -0.15) is 0 Å². The Morgan fingerprint density at radius 1 is 1.00 bits per heavy atom. The van der Waals surface area contributed by atoms with Crippen molar-refractivity contribution in [2.24, 2.45) is 11.8 Å². The molecule has 0 atom stereocenters. The van der Waals surface area contributed by atoms with Gasteiger partial charge in [-0.3, -0.25) is 9.59 Å². The summed E-state index contributed by atoms with van der Waals surface area (Å²) in [6, 6.07) is 6.62. The Morgan fingerprint density at radius 3 is 2.08 bits per heavy atom. The number of anilines is 1. The quantitative estimate of drug-likeness (QED) is 0.776. The first-order valence-electron chi connectivity index (χ1n) is 8.82. The molecule has 0 aliphatic heterocycles. The maximum atomic E-state index is 12.4. The van der Waals surface area contributed by atoms with Gasteiger partial charge in [0, 0.05) is 24.1 Å². The third-order valence-electron chi connectivity index (χ3n) is 4.59. The number of amides is 2. The molecule has 2 N–H and O–H groups in total. The van der Waals surface area contributed by atoms with Gasteiger partial charge in [0.05, 0.1) is 12.7 Å². The summed E-state index contributed by atoms with van der Waals surface area (Å²) in [5.74, 6) is -0.375. The highest BCUT2D eigenvalue weighted by Gasteiger charge is 2.29. The lowest BCUT2D eigenvalue weighted by molar-refractivity contribution is -0.128. The highest BCUT2D eigenvalue weighted by atomic mass is 16.5. The first-order valence-corrected chi connectivity index (χ1v) is 8.82. The highest BCUT2D eigenvalue weighted by Crippen LogP contribution is 2.30. The van der Waals surface area contributed by atoms with Gasteiger partial charge in [-0.05, 0) is 56.4 Å². The van der Waals surface area contributed by atoms with Crippen LogP contribution < -0.4 is 10.6 Å². The summed E-state index contributed by atoms with van der Waals surface area (Å²) in [7, 11) is 1.33. The lowest BCUT2D eigenvalue weighted by Crippen LogP contribution is -2.35. The zero-order valence-electron chi connectivity index (χ0n) is 14.8. The standard InChI is InChI=1S/C19H26N2O4/c1-3-12-20-17(22)13-4-6-14(7-5-13)18(23)21-16-10-8-15(9-11-16)19(24)25-2/h8-11,13-14H,3-7,12H2,1-2H3,(H,20,22)(H,21,23). The first-order chi connectivity index (χ1) is 12.0. The van der Waals surface area contributed by atoms with Crippen LogP contribution in [-0.4, -0.2) is 31.4 Å². The van der Waals surface area contributed by atoms with E-state index in [9.17, 15) is 14.4 Å². The fraction of sp³-hybridized carbons (Fsp3) is 0.526. The fourth-order valence-corrected chi connectivity index (χ4v) is 3.06. The highest BCUT2D eigenvalue weighted by molar-refractivity contribution is 5.94. The molecule has 1 fully saturated rings. The molecule has 0 spiro atoms. The van der Waals surface area contributed by atoms with Gasteiger partial charge in [0.15, 0.2) is 0 Å². The van der Waals surface area contributed by atoms with Gasteiger partial charge in [-0.15, -0.1) is 0 Å². The molecule has 1 saturated carbocycles. The van der Waals surface area contributed by atoms with Crippen LogP contribution in [0.15, 0.2) is 24.3 Å². The maximum Gasteiger partial charge on any atom is 0.337 e. The Kier molecular flexibility index (Phi) is 6.98. The largest absolute Gasteiger partial charge is 0.465 e. The average molecular weight is 346 g/mol. The molecule has 0 heterocycles. The molecule has 136 valence electrons. The molecular weight excluding hydrogens is 320 g/mol. The average Bonchev–Trinajstić information content (AvgIpc) is 2.66. The van der Waals surface area contributed by atoms with E-state index in [1.54, 1.807) is 24.3 Å². The van der Waals surface area contributed by atoms with Crippen LogP contribution in [0.2, 0.25) is 0 Å². The summed E-state index contributed by atoms with van der Waals surface area (Å²) in [5.41, 5.74) is 1.10. The van der Waals surface area contributed by atoms with Crippen LogP contribution >= 0.6 is 0 Å². The van der Waals surface area contributed by atoms with Crippen molar-refractivity contribution in [3.05, 3.63) is 29.8 Å². The number of benzene rings is 1. The van der Waals surface area contributed by atoms with Crippen LogP contribution in [0, 0.1) is 11.8 Å². The topological polar surface area (TPSA) is 84.5 Å². The molecule has 6 nitrogen and oxygen atoms in total. The molecule has 6 heteroatoms. The molecule has 0 saturated heterocycles. The van der Waals surface area contributed by atoms with Crippen LogP contribution in [0.5, 0.6) is 0 Å². The van der Waals surface area contributed by atoms with E-state index in [0.717, 1.165) is 32.1 Å². The third kappa shape index (κ3) is 5.31. The van der Waals surface area contributed by atoms with Crippen LogP contribution in [-0.2, 0) is 14.3 Å². The van der Waals surface area contributed by atoms with Gasteiger partial charge in [-0.25, -0.2) is 4.79 Å². The number of hydrogen-bond acceptors (Lipinski definition) is 4. The first kappa shape index (κ1) is 19.0. The molecular formula is C19H26N2O4. The van der Waals surface area contributed by atoms with E-state index in [1.807, 2.05) is 6.92 Å². The number of nitrogens with one attached hydrogen (secondary N) is 2. The van der Waals surface area contributed by atoms with Crippen LogP contribution in [0.4, 0.5) is 5.69 Å². The molecule has 1 aliphatic rings. The Balaban J connectivity index is 1.82. The second-order valence-corrected chi connectivity index (χ2v) is 6.40. The minimum atomic E-state index is -0.405. The van der Waals surface area contributed by atoms with Crippen LogP contribution in [0.3, 0.4) is 0 Å². The van der Waals surface area contributed by atoms with Crippen molar-refractivity contribution in [1.29, 1.82) is 0 Å². The van der Waals surface area contributed by atoms with Crippen molar-refractivity contribution in [3.63, 3.8) is 0 Å². The smallest absolute Gasteiger partial charge is 0.337 e. The van der Waals surface area contributed by atoms with Crippen molar-refractivity contribution < 1.29 is 19.1 Å². The summed E-state index contributed by atoms with van der Waals surface area (Å²) >= 11 is 0. The Labute approximate surface area is 148 Å². The molecule has 1 aromatic rings. The molecule has 0 unspecified atom stereocenters. The number of methoxy groups -OCH3 is 1. The fourth-order valence-electron chi connectivity index (χ4n) is 3.06. The van der Waals surface area contributed by atoms with E-state index < -0.39 is 5.97 Å². The summed E-state index contributed by atoms with van der Waals surface area (Å²) in [6.07, 6.45) is 3.86. The molecule has 1 aromatic carbocycles. The Hall–Kier alpha value is -2.37. The Bertz CT molecular complexity index is 604. The molecule has 2 rings (SSSR count). The zero-order valence-corrected chi connectivity index (χ0v) is 14.8. The summed E-state index contributed by atoms with van der Waals surface area (Å²) in [5, 5.41) is 5.81. The number of carbonyl (C=O) groups is 3. The van der Waals surface area contributed by atoms with E-state index in [1.165, 1.54) is 7.11 Å². The maximum absolute atomic E-state index is 12.4. The molecule has 0 radical (unpaired) electrons. The number of carbonyl (C=O) groups excluding carboxylic acids is 3. The second-order valence-electron chi connectivity index (χ2n) is 6.40. The molecule has 2 amide bonds. The van der Waals surface area contributed by atoms with Gasteiger partial charge < -0.3 is 15.4 Å².